The largest absolute Gasteiger partial charge is 0.373 e. The van der Waals surface area contributed by atoms with Gasteiger partial charge in [0.1, 0.15) is 18.1 Å². The summed E-state index contributed by atoms with van der Waals surface area (Å²) in [6, 6.07) is 15.9. The number of ether oxygens (including phenoxy) is 1. The monoisotopic (exact) mass is 461 g/mol. The number of halogens is 1. The summed E-state index contributed by atoms with van der Waals surface area (Å²) in [5.41, 5.74) is 4.49. The van der Waals surface area contributed by atoms with Crippen molar-refractivity contribution in [1.82, 2.24) is 19.9 Å². The van der Waals surface area contributed by atoms with Crippen LogP contribution >= 0.6 is 11.6 Å². The van der Waals surface area contributed by atoms with Gasteiger partial charge in [-0.05, 0) is 54.7 Å². The van der Waals surface area contributed by atoms with Gasteiger partial charge in [-0.2, -0.15) is 0 Å². The zero-order valence-electron chi connectivity index (χ0n) is 19.2. The molecule has 0 unspecified atom stereocenters. The number of aromatic nitrogens is 4. The zero-order chi connectivity index (χ0) is 23.2. The number of anilines is 1. The van der Waals surface area contributed by atoms with E-state index in [0.29, 0.717) is 47.0 Å². The van der Waals surface area contributed by atoms with Gasteiger partial charge in [-0.1, -0.05) is 49.7 Å². The smallest absolute Gasteiger partial charge is 0.165 e. The molecule has 0 atom stereocenters. The van der Waals surface area contributed by atoms with Crippen molar-refractivity contribution in [3.05, 3.63) is 76.7 Å². The summed E-state index contributed by atoms with van der Waals surface area (Å²) < 4.78 is 5.79. The topological polar surface area (TPSA) is 72.8 Å². The van der Waals surface area contributed by atoms with Gasteiger partial charge < -0.3 is 10.1 Å². The summed E-state index contributed by atoms with van der Waals surface area (Å²) in [5, 5.41) is 4.89. The number of fused-ring (bicyclic) bond motifs is 1. The van der Waals surface area contributed by atoms with Gasteiger partial charge in [0.25, 0.3) is 0 Å². The number of benzene rings is 1. The molecule has 0 bridgehead atoms. The standard InChI is InChI=1S/C26H28ClN5O/c1-17(2)15-33-16-23-31-25(29-14-12-19-8-5-4-7-18(19)3)20-10-11-22(30-26(20)32-23)24-21(27)9-6-13-28-24/h4-11,13,17H,12,14-16H2,1-3H3,(H,29,30,31,32). The highest BCUT2D eigenvalue weighted by molar-refractivity contribution is 6.32. The molecule has 0 fully saturated rings. The molecular formula is C26H28ClN5O. The maximum Gasteiger partial charge on any atom is 0.165 e. The molecule has 0 amide bonds. The number of nitrogens with one attached hydrogen (secondary N) is 1. The first-order valence-electron chi connectivity index (χ1n) is 11.2. The predicted octanol–water partition coefficient (Wildman–Crippen LogP) is 5.88. The molecule has 1 N–H and O–H groups in total. The predicted molar refractivity (Wildman–Crippen MR) is 133 cm³/mol. The average Bonchev–Trinajstić information content (AvgIpc) is 2.80. The van der Waals surface area contributed by atoms with E-state index in [1.54, 1.807) is 18.3 Å². The first-order valence-corrected chi connectivity index (χ1v) is 11.5. The second-order valence-electron chi connectivity index (χ2n) is 8.40. The lowest BCUT2D eigenvalue weighted by Crippen LogP contribution is -2.11. The molecule has 0 saturated heterocycles. The first-order chi connectivity index (χ1) is 16.0. The Hall–Kier alpha value is -3.09. The summed E-state index contributed by atoms with van der Waals surface area (Å²) in [5.74, 6) is 1.79. The van der Waals surface area contributed by atoms with Gasteiger partial charge in [0.15, 0.2) is 11.5 Å². The number of rotatable bonds is 9. The molecule has 0 radical (unpaired) electrons. The second kappa shape index (κ2) is 10.7. The molecule has 6 nitrogen and oxygen atoms in total. The molecule has 3 aromatic heterocycles. The fourth-order valence-corrected chi connectivity index (χ4v) is 3.77. The number of aryl methyl sites for hydroxylation is 1. The van der Waals surface area contributed by atoms with Gasteiger partial charge in [-0.3, -0.25) is 4.98 Å². The SMILES string of the molecule is Cc1ccccc1CCNc1nc(COCC(C)C)nc2nc(-c3ncccc3Cl)ccc12. The summed E-state index contributed by atoms with van der Waals surface area (Å²) in [4.78, 5) is 18.6. The van der Waals surface area contributed by atoms with Crippen LogP contribution in [0.5, 0.6) is 0 Å². The van der Waals surface area contributed by atoms with Crippen molar-refractivity contribution >= 4 is 28.5 Å². The van der Waals surface area contributed by atoms with E-state index in [1.807, 2.05) is 12.1 Å². The fourth-order valence-electron chi connectivity index (χ4n) is 3.55. The Bertz CT molecular complexity index is 1240. The Morgan fingerprint density at radius 1 is 1.00 bits per heavy atom. The van der Waals surface area contributed by atoms with E-state index in [9.17, 15) is 0 Å². The average molecular weight is 462 g/mol. The Balaban J connectivity index is 1.64. The lowest BCUT2D eigenvalue weighted by Gasteiger charge is -2.13. The third kappa shape index (κ3) is 5.83. The van der Waals surface area contributed by atoms with Crippen LogP contribution in [-0.2, 0) is 17.8 Å². The van der Waals surface area contributed by atoms with Gasteiger partial charge in [-0.25, -0.2) is 15.0 Å². The molecule has 7 heteroatoms. The zero-order valence-corrected chi connectivity index (χ0v) is 19.9. The van der Waals surface area contributed by atoms with Crippen LogP contribution < -0.4 is 5.32 Å². The molecule has 170 valence electrons. The lowest BCUT2D eigenvalue weighted by molar-refractivity contribution is 0.0925. The number of pyridine rings is 2. The van der Waals surface area contributed by atoms with E-state index in [4.69, 9.17) is 26.3 Å². The maximum atomic E-state index is 6.34. The van der Waals surface area contributed by atoms with Crippen molar-refractivity contribution in [2.45, 2.75) is 33.8 Å². The molecule has 0 aliphatic heterocycles. The Labute approximate surface area is 199 Å². The molecule has 0 aliphatic carbocycles. The molecule has 1 aromatic carbocycles. The minimum atomic E-state index is 0.330. The van der Waals surface area contributed by atoms with Crippen LogP contribution in [0.15, 0.2) is 54.7 Å². The molecular weight excluding hydrogens is 434 g/mol. The van der Waals surface area contributed by atoms with E-state index >= 15 is 0 Å². The second-order valence-corrected chi connectivity index (χ2v) is 8.81. The normalized spacial score (nSPS) is 11.3. The maximum absolute atomic E-state index is 6.34. The van der Waals surface area contributed by atoms with Gasteiger partial charge in [0, 0.05) is 19.3 Å². The quantitative estimate of drug-likeness (QED) is 0.335. The third-order valence-electron chi connectivity index (χ3n) is 5.24. The summed E-state index contributed by atoms with van der Waals surface area (Å²) in [6.07, 6.45) is 2.60. The van der Waals surface area contributed by atoms with E-state index in [2.05, 4.69) is 60.3 Å². The summed E-state index contributed by atoms with van der Waals surface area (Å²) in [7, 11) is 0. The van der Waals surface area contributed by atoms with E-state index in [1.165, 1.54) is 11.1 Å². The highest BCUT2D eigenvalue weighted by atomic mass is 35.5. The van der Waals surface area contributed by atoms with Crippen molar-refractivity contribution in [2.24, 2.45) is 5.92 Å². The first kappa shape index (κ1) is 23.1. The Kier molecular flexibility index (Phi) is 7.47. The van der Waals surface area contributed by atoms with Crippen molar-refractivity contribution < 1.29 is 4.74 Å². The van der Waals surface area contributed by atoms with E-state index in [0.717, 1.165) is 24.2 Å². The van der Waals surface area contributed by atoms with Crippen LogP contribution in [0.4, 0.5) is 5.82 Å². The highest BCUT2D eigenvalue weighted by Crippen LogP contribution is 2.27. The molecule has 0 saturated carbocycles. The van der Waals surface area contributed by atoms with Crippen LogP contribution in [0, 0.1) is 12.8 Å². The van der Waals surface area contributed by atoms with Gasteiger partial charge in [0.2, 0.25) is 0 Å². The van der Waals surface area contributed by atoms with Crippen LogP contribution in [0.3, 0.4) is 0 Å². The number of hydrogen-bond donors (Lipinski definition) is 1. The van der Waals surface area contributed by atoms with Crippen molar-refractivity contribution in [2.75, 3.05) is 18.5 Å². The minimum absolute atomic E-state index is 0.330. The summed E-state index contributed by atoms with van der Waals surface area (Å²) >= 11 is 6.34. The van der Waals surface area contributed by atoms with Crippen LogP contribution in [0.25, 0.3) is 22.4 Å². The number of nitrogens with zero attached hydrogens (tertiary/aromatic N) is 4. The molecule has 33 heavy (non-hydrogen) atoms. The molecule has 3 heterocycles. The lowest BCUT2D eigenvalue weighted by atomic mass is 10.1. The molecule has 4 aromatic rings. The highest BCUT2D eigenvalue weighted by Gasteiger charge is 2.13. The van der Waals surface area contributed by atoms with Crippen LogP contribution in [-0.4, -0.2) is 33.1 Å². The van der Waals surface area contributed by atoms with Crippen LogP contribution in [0.2, 0.25) is 5.02 Å². The van der Waals surface area contributed by atoms with Gasteiger partial charge in [0.05, 0.1) is 16.1 Å². The molecule has 0 aliphatic rings. The van der Waals surface area contributed by atoms with E-state index in [-0.39, 0.29) is 0 Å². The Morgan fingerprint density at radius 2 is 1.85 bits per heavy atom. The van der Waals surface area contributed by atoms with Crippen LogP contribution in [0.1, 0.15) is 30.8 Å². The van der Waals surface area contributed by atoms with Crippen molar-refractivity contribution in [3.8, 4) is 11.4 Å². The van der Waals surface area contributed by atoms with Crippen molar-refractivity contribution in [1.29, 1.82) is 0 Å². The molecule has 0 spiro atoms. The van der Waals surface area contributed by atoms with Gasteiger partial charge in [-0.15, -0.1) is 0 Å². The number of hydrogen-bond acceptors (Lipinski definition) is 6. The van der Waals surface area contributed by atoms with Gasteiger partial charge >= 0.3 is 0 Å². The Morgan fingerprint density at radius 3 is 2.64 bits per heavy atom. The molecule has 4 rings (SSSR count). The minimum Gasteiger partial charge on any atom is -0.373 e. The van der Waals surface area contributed by atoms with Crippen molar-refractivity contribution in [3.63, 3.8) is 0 Å². The summed E-state index contributed by atoms with van der Waals surface area (Å²) in [6.45, 7) is 8.09. The fraction of sp³-hybridized carbons (Fsp3) is 0.308. The van der Waals surface area contributed by atoms with E-state index < -0.39 is 0 Å². The third-order valence-corrected chi connectivity index (χ3v) is 5.54.